The van der Waals surface area contributed by atoms with Crippen LogP contribution in [0.25, 0.3) is 0 Å². The second kappa shape index (κ2) is 8.40. The summed E-state index contributed by atoms with van der Waals surface area (Å²) in [6.07, 6.45) is -0.431. The highest BCUT2D eigenvalue weighted by Gasteiger charge is 2.42. The van der Waals surface area contributed by atoms with E-state index in [2.05, 4.69) is 0 Å². The van der Waals surface area contributed by atoms with Crippen molar-refractivity contribution >= 4 is 12.1 Å². The van der Waals surface area contributed by atoms with Gasteiger partial charge in [-0.3, -0.25) is 4.90 Å². The molecule has 0 aromatic heterocycles. The number of likely N-dealkylation sites (tertiary alicyclic amines) is 1. The van der Waals surface area contributed by atoms with Crippen LogP contribution in [0, 0.1) is 0 Å². The Morgan fingerprint density at radius 1 is 1.15 bits per heavy atom. The molecule has 1 aliphatic heterocycles. The second-order valence-electron chi connectivity index (χ2n) is 7.19. The summed E-state index contributed by atoms with van der Waals surface area (Å²) in [5.74, 6) is 0.308. The molecule has 7 heteroatoms. The zero-order valence-corrected chi connectivity index (χ0v) is 16.0. The van der Waals surface area contributed by atoms with Crippen LogP contribution in [0.15, 0.2) is 24.3 Å². The van der Waals surface area contributed by atoms with Gasteiger partial charge in [0, 0.05) is 6.42 Å². The van der Waals surface area contributed by atoms with Gasteiger partial charge in [0.1, 0.15) is 17.4 Å². The third-order valence-corrected chi connectivity index (χ3v) is 4.01. The van der Waals surface area contributed by atoms with E-state index in [0.29, 0.717) is 13.0 Å². The summed E-state index contributed by atoms with van der Waals surface area (Å²) in [4.78, 5) is 25.8. The Morgan fingerprint density at radius 2 is 1.81 bits per heavy atom. The van der Waals surface area contributed by atoms with E-state index in [1.165, 1.54) is 12.0 Å². The van der Waals surface area contributed by atoms with Gasteiger partial charge in [-0.2, -0.15) is 0 Å². The van der Waals surface area contributed by atoms with Gasteiger partial charge in [-0.25, -0.2) is 9.59 Å². The molecule has 1 saturated heterocycles. The van der Waals surface area contributed by atoms with E-state index in [1.54, 1.807) is 27.9 Å². The van der Waals surface area contributed by atoms with Gasteiger partial charge >= 0.3 is 12.1 Å². The number of ether oxygens (including phenoxy) is 4. The first-order valence-electron chi connectivity index (χ1n) is 8.55. The third kappa shape index (κ3) is 5.36. The highest BCUT2D eigenvalue weighted by molar-refractivity contribution is 5.82. The SMILES string of the molecule is COC(=O)[C@@H]1C[C@@H](OCc2ccc(OC)cc2)CN1C(=O)OC(C)(C)C. The minimum atomic E-state index is -0.698. The Hall–Kier alpha value is -2.28. The molecule has 7 nitrogen and oxygen atoms in total. The Balaban J connectivity index is 1.99. The van der Waals surface area contributed by atoms with Crippen LogP contribution in [0.4, 0.5) is 4.79 Å². The van der Waals surface area contributed by atoms with Crippen molar-refractivity contribution in [1.82, 2.24) is 4.90 Å². The van der Waals surface area contributed by atoms with Gasteiger partial charge in [0.05, 0.1) is 33.5 Å². The molecule has 0 saturated carbocycles. The number of hydrogen-bond acceptors (Lipinski definition) is 6. The Bertz CT molecular complexity index is 622. The molecule has 1 aromatic rings. The quantitative estimate of drug-likeness (QED) is 0.747. The van der Waals surface area contributed by atoms with Crippen molar-refractivity contribution in [2.45, 2.75) is 51.5 Å². The average Bonchev–Trinajstić information content (AvgIpc) is 3.03. The monoisotopic (exact) mass is 365 g/mol. The van der Waals surface area contributed by atoms with Gasteiger partial charge in [-0.1, -0.05) is 12.1 Å². The third-order valence-electron chi connectivity index (χ3n) is 4.01. The van der Waals surface area contributed by atoms with Gasteiger partial charge < -0.3 is 18.9 Å². The van der Waals surface area contributed by atoms with Crippen LogP contribution in [0.1, 0.15) is 32.8 Å². The fraction of sp³-hybridized carbons (Fsp3) is 0.579. The van der Waals surface area contributed by atoms with Crippen LogP contribution in [-0.2, 0) is 25.6 Å². The maximum atomic E-state index is 12.4. The fourth-order valence-corrected chi connectivity index (χ4v) is 2.74. The van der Waals surface area contributed by atoms with Crippen molar-refractivity contribution in [3.05, 3.63) is 29.8 Å². The van der Waals surface area contributed by atoms with E-state index in [-0.39, 0.29) is 12.6 Å². The minimum absolute atomic E-state index is 0.270. The second-order valence-corrected chi connectivity index (χ2v) is 7.19. The Kier molecular flexibility index (Phi) is 6.47. The number of carbonyl (C=O) groups is 2. The smallest absolute Gasteiger partial charge is 0.411 e. The average molecular weight is 365 g/mol. The summed E-state index contributed by atoms with van der Waals surface area (Å²) >= 11 is 0. The molecular weight excluding hydrogens is 338 g/mol. The van der Waals surface area contributed by atoms with Crippen molar-refractivity contribution < 1.29 is 28.5 Å². The van der Waals surface area contributed by atoms with Gasteiger partial charge in [-0.05, 0) is 38.5 Å². The molecule has 0 bridgehead atoms. The van der Waals surface area contributed by atoms with E-state index in [4.69, 9.17) is 18.9 Å². The summed E-state index contributed by atoms with van der Waals surface area (Å²) in [6, 6.07) is 6.85. The molecule has 1 aromatic carbocycles. The fourth-order valence-electron chi connectivity index (χ4n) is 2.74. The molecule has 1 aliphatic rings. The summed E-state index contributed by atoms with van der Waals surface area (Å²) < 4.78 is 21.2. The summed E-state index contributed by atoms with van der Waals surface area (Å²) in [5.41, 5.74) is 0.343. The lowest BCUT2D eigenvalue weighted by Gasteiger charge is -2.27. The van der Waals surface area contributed by atoms with E-state index >= 15 is 0 Å². The number of benzene rings is 1. The number of rotatable bonds is 5. The van der Waals surface area contributed by atoms with Crippen LogP contribution in [-0.4, -0.2) is 55.5 Å². The lowest BCUT2D eigenvalue weighted by molar-refractivity contribution is -0.145. The lowest BCUT2D eigenvalue weighted by Crippen LogP contribution is -2.44. The summed E-state index contributed by atoms with van der Waals surface area (Å²) in [6.45, 7) is 6.01. The van der Waals surface area contributed by atoms with Crippen LogP contribution < -0.4 is 4.74 Å². The predicted octanol–water partition coefficient (Wildman–Crippen LogP) is 2.76. The molecule has 0 N–H and O–H groups in total. The topological polar surface area (TPSA) is 74.3 Å². The number of nitrogens with zero attached hydrogens (tertiary/aromatic N) is 1. The van der Waals surface area contributed by atoms with Gasteiger partial charge in [-0.15, -0.1) is 0 Å². The summed E-state index contributed by atoms with van der Waals surface area (Å²) in [7, 11) is 2.92. The molecule has 1 amide bonds. The number of carbonyl (C=O) groups excluding carboxylic acids is 2. The number of esters is 1. The first-order valence-corrected chi connectivity index (χ1v) is 8.55. The van der Waals surface area contributed by atoms with Crippen molar-refractivity contribution in [2.75, 3.05) is 20.8 Å². The van der Waals surface area contributed by atoms with Gasteiger partial charge in [0.15, 0.2) is 0 Å². The molecule has 2 atom stereocenters. The summed E-state index contributed by atoms with van der Waals surface area (Å²) in [5, 5.41) is 0. The zero-order chi connectivity index (χ0) is 19.3. The van der Waals surface area contributed by atoms with Crippen molar-refractivity contribution in [2.24, 2.45) is 0 Å². The Labute approximate surface area is 154 Å². The van der Waals surface area contributed by atoms with Crippen molar-refractivity contribution in [3.8, 4) is 5.75 Å². The van der Waals surface area contributed by atoms with Crippen molar-refractivity contribution in [1.29, 1.82) is 0 Å². The largest absolute Gasteiger partial charge is 0.497 e. The molecule has 0 radical (unpaired) electrons. The number of methoxy groups -OCH3 is 2. The number of amides is 1. The van der Waals surface area contributed by atoms with E-state index in [1.807, 2.05) is 24.3 Å². The first kappa shape index (κ1) is 20.0. The van der Waals surface area contributed by atoms with E-state index in [9.17, 15) is 9.59 Å². The predicted molar refractivity (Wildman–Crippen MR) is 94.9 cm³/mol. The van der Waals surface area contributed by atoms with Crippen LogP contribution in [0.5, 0.6) is 5.75 Å². The maximum absolute atomic E-state index is 12.4. The molecule has 1 heterocycles. The van der Waals surface area contributed by atoms with E-state index < -0.39 is 23.7 Å². The highest BCUT2D eigenvalue weighted by Crippen LogP contribution is 2.25. The molecular formula is C19H27NO6. The molecule has 26 heavy (non-hydrogen) atoms. The molecule has 0 unspecified atom stereocenters. The van der Waals surface area contributed by atoms with Crippen LogP contribution >= 0.6 is 0 Å². The van der Waals surface area contributed by atoms with Crippen LogP contribution in [0.3, 0.4) is 0 Å². The first-order chi connectivity index (χ1) is 12.2. The standard InChI is InChI=1S/C19H27NO6/c1-19(2,3)26-18(22)20-11-15(10-16(20)17(21)24-5)25-12-13-6-8-14(23-4)9-7-13/h6-9,15-16H,10-12H2,1-5H3/t15-,16+/m1/s1. The normalized spacial score (nSPS) is 20.0. The lowest BCUT2D eigenvalue weighted by atomic mass is 10.2. The zero-order valence-electron chi connectivity index (χ0n) is 16.0. The van der Waals surface area contributed by atoms with Gasteiger partial charge in [0.25, 0.3) is 0 Å². The van der Waals surface area contributed by atoms with Gasteiger partial charge in [0.2, 0.25) is 0 Å². The molecule has 2 rings (SSSR count). The molecule has 0 aliphatic carbocycles. The Morgan fingerprint density at radius 3 is 2.35 bits per heavy atom. The maximum Gasteiger partial charge on any atom is 0.411 e. The minimum Gasteiger partial charge on any atom is -0.497 e. The molecule has 1 fully saturated rings. The van der Waals surface area contributed by atoms with E-state index in [0.717, 1.165) is 11.3 Å². The number of hydrogen-bond donors (Lipinski definition) is 0. The molecule has 144 valence electrons. The highest BCUT2D eigenvalue weighted by atomic mass is 16.6. The molecule has 0 spiro atoms. The van der Waals surface area contributed by atoms with Crippen LogP contribution in [0.2, 0.25) is 0 Å². The van der Waals surface area contributed by atoms with Crippen molar-refractivity contribution in [3.63, 3.8) is 0 Å².